The maximum atomic E-state index is 12.9. The first-order chi connectivity index (χ1) is 15.0. The van der Waals surface area contributed by atoms with Gasteiger partial charge in [0.1, 0.15) is 5.69 Å². The number of carboxylic acid groups (broad SMARTS) is 1. The molecule has 0 bridgehead atoms. The predicted octanol–water partition coefficient (Wildman–Crippen LogP) is 3.14. The maximum Gasteiger partial charge on any atom is 0.276 e. The number of nitrogens with zero attached hydrogens (tertiary/aromatic N) is 2. The third-order valence-electron chi connectivity index (χ3n) is 4.90. The number of aromatic carboxylic acids is 1. The number of benzene rings is 2. The Labute approximate surface area is 180 Å². The van der Waals surface area contributed by atoms with Crippen molar-refractivity contribution < 1.29 is 19.4 Å². The highest BCUT2D eigenvalue weighted by Crippen LogP contribution is 2.29. The Morgan fingerprint density at radius 1 is 1.13 bits per heavy atom. The molecule has 0 aliphatic heterocycles. The number of methoxy groups -OCH3 is 1. The van der Waals surface area contributed by atoms with Gasteiger partial charge in [-0.2, -0.15) is 0 Å². The molecule has 7 heteroatoms. The van der Waals surface area contributed by atoms with E-state index in [2.05, 4.69) is 11.9 Å². The van der Waals surface area contributed by atoms with Gasteiger partial charge in [-0.1, -0.05) is 31.6 Å². The molecule has 0 aliphatic rings. The lowest BCUT2D eigenvalue weighted by atomic mass is 10.1. The van der Waals surface area contributed by atoms with Crippen molar-refractivity contribution in [2.24, 2.45) is 0 Å². The van der Waals surface area contributed by atoms with Crippen molar-refractivity contribution in [3.05, 3.63) is 63.6 Å². The molecule has 31 heavy (non-hydrogen) atoms. The number of aryl methyl sites for hydroxylation is 1. The van der Waals surface area contributed by atoms with E-state index >= 15 is 0 Å². The van der Waals surface area contributed by atoms with Crippen molar-refractivity contribution in [2.75, 3.05) is 13.7 Å². The monoisotopic (exact) mass is 421 g/mol. The van der Waals surface area contributed by atoms with Gasteiger partial charge in [-0.15, -0.1) is 0 Å². The topological polar surface area (TPSA) is 93.5 Å². The quantitative estimate of drug-likeness (QED) is 0.493. The van der Waals surface area contributed by atoms with Crippen LogP contribution < -0.4 is 20.1 Å². The van der Waals surface area contributed by atoms with Crippen molar-refractivity contribution in [1.82, 2.24) is 9.55 Å². The van der Waals surface area contributed by atoms with Gasteiger partial charge in [-0.25, -0.2) is 4.98 Å². The van der Waals surface area contributed by atoms with E-state index in [0.717, 1.165) is 18.4 Å². The van der Waals surface area contributed by atoms with E-state index in [-0.39, 0.29) is 16.8 Å². The van der Waals surface area contributed by atoms with E-state index in [1.165, 1.54) is 12.1 Å². The molecule has 0 fully saturated rings. The number of hydrogen-bond acceptors (Lipinski definition) is 6. The minimum Gasteiger partial charge on any atom is -0.545 e. The van der Waals surface area contributed by atoms with Crippen LogP contribution in [0.25, 0.3) is 23.2 Å². The highest BCUT2D eigenvalue weighted by atomic mass is 16.5. The zero-order chi connectivity index (χ0) is 22.4. The fourth-order valence-electron chi connectivity index (χ4n) is 3.22. The largest absolute Gasteiger partial charge is 0.545 e. The molecule has 7 nitrogen and oxygen atoms in total. The number of hydrogen-bond donors (Lipinski definition) is 0. The molecule has 0 radical (unpaired) electrons. The summed E-state index contributed by atoms with van der Waals surface area (Å²) in [4.78, 5) is 28.4. The zero-order valence-electron chi connectivity index (χ0n) is 17.9. The highest BCUT2D eigenvalue weighted by Gasteiger charge is 2.10. The van der Waals surface area contributed by atoms with Crippen LogP contribution in [0, 0.1) is 0 Å². The number of carbonyl (C=O) groups excluding carboxylic acids is 1. The normalized spacial score (nSPS) is 11.2. The van der Waals surface area contributed by atoms with E-state index in [1.54, 1.807) is 29.9 Å². The summed E-state index contributed by atoms with van der Waals surface area (Å²) in [6.07, 6.45) is 5.38. The summed E-state index contributed by atoms with van der Waals surface area (Å²) in [5.74, 6) is -0.0160. The molecular weight excluding hydrogens is 396 g/mol. The summed E-state index contributed by atoms with van der Waals surface area (Å²) in [6.45, 7) is 5.00. The van der Waals surface area contributed by atoms with Crippen molar-refractivity contribution in [3.8, 4) is 11.5 Å². The molecule has 0 atom stereocenters. The molecule has 3 rings (SSSR count). The Kier molecular flexibility index (Phi) is 7.07. The highest BCUT2D eigenvalue weighted by molar-refractivity contribution is 5.91. The number of carboxylic acids is 1. The number of unbranched alkanes of at least 4 members (excludes halogenated alkanes) is 1. The Morgan fingerprint density at radius 3 is 2.61 bits per heavy atom. The summed E-state index contributed by atoms with van der Waals surface area (Å²) in [5, 5.41) is 11.2. The molecule has 0 spiro atoms. The standard InChI is InChI=1S/C24H26N2O5/c1-4-6-13-31-21-12-8-16(14-22(21)30-3)7-10-18-23(27)26(5-2)20-11-9-17(24(28)29)15-19(20)25-18/h7-12,14-15H,4-6,13H2,1-3H3,(H,28,29)/p-1/b10-7+. The van der Waals surface area contributed by atoms with Crippen LogP contribution in [-0.2, 0) is 6.54 Å². The fourth-order valence-corrected chi connectivity index (χ4v) is 3.22. The van der Waals surface area contributed by atoms with Crippen LogP contribution in [0.15, 0.2) is 41.2 Å². The summed E-state index contributed by atoms with van der Waals surface area (Å²) < 4.78 is 12.7. The zero-order valence-corrected chi connectivity index (χ0v) is 17.9. The Morgan fingerprint density at radius 2 is 1.94 bits per heavy atom. The van der Waals surface area contributed by atoms with Gasteiger partial charge in [-0.3, -0.25) is 4.79 Å². The summed E-state index contributed by atoms with van der Waals surface area (Å²) in [7, 11) is 1.58. The van der Waals surface area contributed by atoms with Crippen molar-refractivity contribution in [1.29, 1.82) is 0 Å². The van der Waals surface area contributed by atoms with Crippen LogP contribution in [0.2, 0.25) is 0 Å². The van der Waals surface area contributed by atoms with Crippen molar-refractivity contribution in [2.45, 2.75) is 33.2 Å². The predicted molar refractivity (Wildman–Crippen MR) is 118 cm³/mol. The minimum atomic E-state index is -1.29. The Bertz CT molecular complexity index is 1180. The molecule has 0 N–H and O–H groups in total. The lowest BCUT2D eigenvalue weighted by molar-refractivity contribution is -0.255. The van der Waals surface area contributed by atoms with Gasteiger partial charge in [0, 0.05) is 6.54 Å². The van der Waals surface area contributed by atoms with Crippen LogP contribution in [0.3, 0.4) is 0 Å². The smallest absolute Gasteiger partial charge is 0.276 e. The first-order valence-electron chi connectivity index (χ1n) is 10.2. The molecule has 0 aliphatic carbocycles. The molecule has 0 saturated heterocycles. The average molecular weight is 421 g/mol. The lowest BCUT2D eigenvalue weighted by Crippen LogP contribution is -2.25. The van der Waals surface area contributed by atoms with Crippen molar-refractivity contribution >= 4 is 29.2 Å². The SMILES string of the molecule is CCCCOc1ccc(/C=C/c2nc3cc(C(=O)[O-])ccc3n(CC)c2=O)cc1OC. The molecule has 3 aromatic rings. The minimum absolute atomic E-state index is 0.0135. The van der Waals surface area contributed by atoms with Crippen LogP contribution in [0.1, 0.15) is 48.3 Å². The van der Waals surface area contributed by atoms with Crippen molar-refractivity contribution in [3.63, 3.8) is 0 Å². The average Bonchev–Trinajstić information content (AvgIpc) is 2.78. The van der Waals surface area contributed by atoms with E-state index < -0.39 is 5.97 Å². The van der Waals surface area contributed by atoms with E-state index in [4.69, 9.17) is 9.47 Å². The molecule has 0 amide bonds. The Hall–Kier alpha value is -3.61. The molecule has 0 saturated carbocycles. The van der Waals surface area contributed by atoms with Crippen LogP contribution >= 0.6 is 0 Å². The van der Waals surface area contributed by atoms with Gasteiger partial charge in [-0.05, 0) is 54.8 Å². The first-order valence-corrected chi connectivity index (χ1v) is 10.2. The molecule has 0 unspecified atom stereocenters. The molecule has 1 aromatic heterocycles. The van der Waals surface area contributed by atoms with E-state index in [1.807, 2.05) is 25.1 Å². The van der Waals surface area contributed by atoms with E-state index in [9.17, 15) is 14.7 Å². The Balaban J connectivity index is 1.97. The fraction of sp³-hybridized carbons (Fsp3) is 0.292. The second-order valence-corrected chi connectivity index (χ2v) is 6.98. The van der Waals surface area contributed by atoms with Gasteiger partial charge in [0.25, 0.3) is 5.56 Å². The molecule has 1 heterocycles. The van der Waals surface area contributed by atoms with Gasteiger partial charge in [0.05, 0.1) is 30.7 Å². The van der Waals surface area contributed by atoms with Gasteiger partial charge in [0.2, 0.25) is 0 Å². The molecular formula is C24H25N2O5-. The second-order valence-electron chi connectivity index (χ2n) is 6.98. The maximum absolute atomic E-state index is 12.9. The lowest BCUT2D eigenvalue weighted by Gasteiger charge is -2.11. The van der Waals surface area contributed by atoms with Gasteiger partial charge >= 0.3 is 0 Å². The molecule has 162 valence electrons. The van der Waals surface area contributed by atoms with Gasteiger partial charge in [0.15, 0.2) is 11.5 Å². The number of carbonyl (C=O) groups is 1. The van der Waals surface area contributed by atoms with E-state index in [0.29, 0.717) is 35.7 Å². The second kappa shape index (κ2) is 9.93. The third-order valence-corrected chi connectivity index (χ3v) is 4.90. The number of fused-ring (bicyclic) bond motifs is 1. The summed E-state index contributed by atoms with van der Waals surface area (Å²) in [5.41, 5.74) is 1.78. The third kappa shape index (κ3) is 4.94. The van der Waals surface area contributed by atoms with Crippen LogP contribution in [-0.4, -0.2) is 29.2 Å². The molecule has 2 aromatic carbocycles. The van der Waals surface area contributed by atoms with Gasteiger partial charge < -0.3 is 23.9 Å². The number of rotatable bonds is 9. The van der Waals surface area contributed by atoms with Crippen LogP contribution in [0.5, 0.6) is 11.5 Å². The van der Waals surface area contributed by atoms with Crippen LogP contribution in [0.4, 0.5) is 0 Å². The first kappa shape index (κ1) is 22.1. The summed E-state index contributed by atoms with van der Waals surface area (Å²) in [6, 6.07) is 9.93. The summed E-state index contributed by atoms with van der Waals surface area (Å²) >= 11 is 0. The number of aromatic nitrogens is 2. The number of ether oxygens (including phenoxy) is 2.